The van der Waals surface area contributed by atoms with Gasteiger partial charge in [0.15, 0.2) is 11.5 Å². The average Bonchev–Trinajstić information content (AvgIpc) is 2.60. The van der Waals surface area contributed by atoms with E-state index in [1.165, 1.54) is 13.2 Å². The molecular formula is C17H19ClN2O5. The summed E-state index contributed by atoms with van der Waals surface area (Å²) in [4.78, 5) is 10.7. The molecule has 2 N–H and O–H groups in total. The summed E-state index contributed by atoms with van der Waals surface area (Å²) in [6.07, 6.45) is 0. The number of halogens is 1. The number of nitro groups is 1. The molecule has 0 aliphatic rings. The first-order valence-electron chi connectivity index (χ1n) is 7.58. The van der Waals surface area contributed by atoms with Gasteiger partial charge in [-0.1, -0.05) is 17.7 Å². The van der Waals surface area contributed by atoms with Crippen LogP contribution in [0, 0.1) is 10.1 Å². The fourth-order valence-electron chi connectivity index (χ4n) is 2.32. The van der Waals surface area contributed by atoms with Gasteiger partial charge in [0, 0.05) is 17.1 Å². The van der Waals surface area contributed by atoms with Crippen LogP contribution in [0.5, 0.6) is 11.5 Å². The van der Waals surface area contributed by atoms with Crippen LogP contribution < -0.4 is 14.8 Å². The molecule has 0 saturated carbocycles. The van der Waals surface area contributed by atoms with Crippen LogP contribution >= 0.6 is 11.6 Å². The highest BCUT2D eigenvalue weighted by Crippen LogP contribution is 2.34. The van der Waals surface area contributed by atoms with Gasteiger partial charge < -0.3 is 19.9 Å². The van der Waals surface area contributed by atoms with Crippen LogP contribution in [-0.2, 0) is 0 Å². The van der Waals surface area contributed by atoms with Gasteiger partial charge in [0.2, 0.25) is 0 Å². The Morgan fingerprint density at radius 2 is 2.04 bits per heavy atom. The van der Waals surface area contributed by atoms with E-state index in [2.05, 4.69) is 5.32 Å². The topological polar surface area (TPSA) is 93.9 Å². The van der Waals surface area contributed by atoms with Crippen molar-refractivity contribution in [3.63, 3.8) is 0 Å². The van der Waals surface area contributed by atoms with E-state index in [1.807, 2.05) is 13.0 Å². The molecule has 0 aliphatic heterocycles. The minimum Gasteiger partial charge on any atom is -0.493 e. The van der Waals surface area contributed by atoms with Crippen molar-refractivity contribution in [2.45, 2.75) is 13.0 Å². The first-order chi connectivity index (χ1) is 12.0. The molecule has 0 saturated heterocycles. The highest BCUT2D eigenvalue weighted by atomic mass is 35.5. The largest absolute Gasteiger partial charge is 0.493 e. The van der Waals surface area contributed by atoms with Gasteiger partial charge in [0.05, 0.1) is 18.6 Å². The van der Waals surface area contributed by atoms with Gasteiger partial charge in [-0.3, -0.25) is 10.1 Å². The summed E-state index contributed by atoms with van der Waals surface area (Å²) in [5.74, 6) is 1.04. The number of methoxy groups -OCH3 is 1. The van der Waals surface area contributed by atoms with Gasteiger partial charge in [-0.25, -0.2) is 0 Å². The van der Waals surface area contributed by atoms with Crippen LogP contribution in [-0.4, -0.2) is 30.4 Å². The highest BCUT2D eigenvalue weighted by Gasteiger charge is 2.17. The molecule has 0 aromatic heterocycles. The molecule has 0 fully saturated rings. The van der Waals surface area contributed by atoms with Crippen molar-refractivity contribution in [2.75, 3.05) is 25.6 Å². The second kappa shape index (κ2) is 8.55. The Morgan fingerprint density at radius 3 is 2.68 bits per heavy atom. The predicted octanol–water partition coefficient (Wildman–Crippen LogP) is 3.80. The summed E-state index contributed by atoms with van der Waals surface area (Å²) in [6, 6.07) is 9.60. The Kier molecular flexibility index (Phi) is 6.44. The number of aliphatic hydroxyl groups is 1. The number of nitrogens with one attached hydrogen (secondary N) is 1. The summed E-state index contributed by atoms with van der Waals surface area (Å²) < 4.78 is 10.7. The molecule has 25 heavy (non-hydrogen) atoms. The van der Waals surface area contributed by atoms with Gasteiger partial charge in [0.25, 0.3) is 5.69 Å². The first kappa shape index (κ1) is 18.8. The molecule has 2 rings (SSSR count). The van der Waals surface area contributed by atoms with Crippen LogP contribution in [0.4, 0.5) is 11.4 Å². The Labute approximate surface area is 150 Å². The van der Waals surface area contributed by atoms with Crippen LogP contribution in [0.3, 0.4) is 0 Å². The molecule has 0 radical (unpaired) electrons. The van der Waals surface area contributed by atoms with E-state index in [9.17, 15) is 10.1 Å². The van der Waals surface area contributed by atoms with Gasteiger partial charge in [-0.2, -0.15) is 0 Å². The zero-order valence-electron chi connectivity index (χ0n) is 13.9. The van der Waals surface area contributed by atoms with Gasteiger partial charge in [-0.15, -0.1) is 0 Å². The molecule has 0 spiro atoms. The van der Waals surface area contributed by atoms with Crippen molar-refractivity contribution in [1.29, 1.82) is 0 Å². The minimum absolute atomic E-state index is 0.0887. The molecule has 0 aliphatic carbocycles. The predicted molar refractivity (Wildman–Crippen MR) is 95.7 cm³/mol. The van der Waals surface area contributed by atoms with Crippen LogP contribution in [0.1, 0.15) is 18.5 Å². The Bertz CT molecular complexity index is 754. The molecule has 1 unspecified atom stereocenters. The van der Waals surface area contributed by atoms with Gasteiger partial charge >= 0.3 is 0 Å². The summed E-state index contributed by atoms with van der Waals surface area (Å²) in [6.45, 7) is 1.95. The Morgan fingerprint density at radius 1 is 1.28 bits per heavy atom. The summed E-state index contributed by atoms with van der Waals surface area (Å²) in [5.41, 5.74) is 1.15. The smallest absolute Gasteiger partial charge is 0.293 e. The maximum absolute atomic E-state index is 11.2. The number of nitro benzene ring substituents is 1. The number of ether oxygens (including phenoxy) is 2. The van der Waals surface area contributed by atoms with E-state index in [0.717, 1.165) is 5.56 Å². The third-order valence-electron chi connectivity index (χ3n) is 3.57. The summed E-state index contributed by atoms with van der Waals surface area (Å²) in [7, 11) is 1.52. The number of rotatable bonds is 8. The fraction of sp³-hybridized carbons (Fsp3) is 0.294. The van der Waals surface area contributed by atoms with Crippen LogP contribution in [0.15, 0.2) is 36.4 Å². The maximum Gasteiger partial charge on any atom is 0.293 e. The zero-order chi connectivity index (χ0) is 18.4. The normalized spacial score (nSPS) is 11.7. The number of nitrogens with zero attached hydrogens (tertiary/aromatic N) is 1. The van der Waals surface area contributed by atoms with Crippen molar-refractivity contribution in [3.8, 4) is 11.5 Å². The second-order valence-electron chi connectivity index (χ2n) is 5.27. The molecule has 0 bridgehead atoms. The lowest BCUT2D eigenvalue weighted by atomic mass is 10.1. The third-order valence-corrected chi connectivity index (χ3v) is 3.80. The number of aliphatic hydroxyl groups excluding tert-OH is 1. The average molecular weight is 367 g/mol. The zero-order valence-corrected chi connectivity index (χ0v) is 14.6. The SMILES string of the molecule is COc1cc(C(C)Nc2ccc(Cl)cc2[N+](=O)[O-])ccc1OCCO. The summed E-state index contributed by atoms with van der Waals surface area (Å²) in [5, 5.41) is 23.5. The van der Waals surface area contributed by atoms with E-state index >= 15 is 0 Å². The van der Waals surface area contributed by atoms with Crippen LogP contribution in [0.25, 0.3) is 0 Å². The quantitative estimate of drug-likeness (QED) is 0.545. The van der Waals surface area contributed by atoms with Crippen molar-refractivity contribution < 1.29 is 19.5 Å². The van der Waals surface area contributed by atoms with Crippen molar-refractivity contribution in [1.82, 2.24) is 0 Å². The number of hydrogen-bond acceptors (Lipinski definition) is 6. The molecule has 0 heterocycles. The molecular weight excluding hydrogens is 348 g/mol. The van der Waals surface area contributed by atoms with Gasteiger partial charge in [-0.05, 0) is 36.8 Å². The Hall–Kier alpha value is -2.51. The Balaban J connectivity index is 2.24. The summed E-state index contributed by atoms with van der Waals surface area (Å²) >= 11 is 5.83. The molecule has 2 aromatic carbocycles. The third kappa shape index (κ3) is 4.74. The number of hydrogen-bond donors (Lipinski definition) is 2. The molecule has 0 amide bonds. The van der Waals surface area contributed by atoms with E-state index in [4.69, 9.17) is 26.2 Å². The lowest BCUT2D eigenvalue weighted by molar-refractivity contribution is -0.384. The van der Waals surface area contributed by atoms with Crippen molar-refractivity contribution in [2.24, 2.45) is 0 Å². The maximum atomic E-state index is 11.2. The molecule has 2 aromatic rings. The van der Waals surface area contributed by atoms with Gasteiger partial charge in [0.1, 0.15) is 12.3 Å². The lowest BCUT2D eigenvalue weighted by Gasteiger charge is -2.18. The molecule has 8 heteroatoms. The van der Waals surface area contributed by atoms with E-state index in [1.54, 1.807) is 24.3 Å². The fourth-order valence-corrected chi connectivity index (χ4v) is 2.49. The monoisotopic (exact) mass is 366 g/mol. The number of benzene rings is 2. The van der Waals surface area contributed by atoms with Crippen molar-refractivity contribution in [3.05, 3.63) is 57.1 Å². The van der Waals surface area contributed by atoms with E-state index < -0.39 is 4.92 Å². The second-order valence-corrected chi connectivity index (χ2v) is 5.70. The highest BCUT2D eigenvalue weighted by molar-refractivity contribution is 6.30. The standard InChI is InChI=1S/C17H19ClN2O5/c1-11(19-14-5-4-13(18)10-15(14)20(22)23)12-3-6-16(25-8-7-21)17(9-12)24-2/h3-6,9-11,19,21H,7-8H2,1-2H3. The minimum atomic E-state index is -0.479. The molecule has 134 valence electrons. The molecule has 1 atom stereocenters. The number of anilines is 1. The molecule has 7 nitrogen and oxygen atoms in total. The van der Waals surface area contributed by atoms with E-state index in [-0.39, 0.29) is 24.9 Å². The first-order valence-corrected chi connectivity index (χ1v) is 7.96. The van der Waals surface area contributed by atoms with E-state index in [0.29, 0.717) is 22.2 Å². The lowest BCUT2D eigenvalue weighted by Crippen LogP contribution is -2.09. The van der Waals surface area contributed by atoms with Crippen molar-refractivity contribution >= 4 is 23.0 Å². The van der Waals surface area contributed by atoms with Crippen LogP contribution in [0.2, 0.25) is 5.02 Å².